The molecule has 0 spiro atoms. The maximum absolute atomic E-state index is 10.9. The van der Waals surface area contributed by atoms with Crippen molar-refractivity contribution in [1.82, 2.24) is 4.90 Å². The number of thiocarbonyl (C=S) groups is 1. The number of aliphatic hydroxyl groups is 2. The number of thioether (sulfide) groups is 1. The van der Waals surface area contributed by atoms with Crippen LogP contribution in [0.4, 0.5) is 0 Å². The van der Waals surface area contributed by atoms with Crippen molar-refractivity contribution in [3.63, 3.8) is 0 Å². The van der Waals surface area contributed by atoms with Gasteiger partial charge in [0.1, 0.15) is 4.32 Å². The third-order valence-corrected chi connectivity index (χ3v) is 4.73. The number of nitrogens with zero attached hydrogens (tertiary/aromatic N) is 1. The summed E-state index contributed by atoms with van der Waals surface area (Å²) in [5, 5.41) is 20.2. The van der Waals surface area contributed by atoms with E-state index in [1.54, 1.807) is 11.8 Å². The molecule has 2 rings (SSSR count). The highest BCUT2D eigenvalue weighted by Crippen LogP contribution is 2.37. The van der Waals surface area contributed by atoms with E-state index in [0.717, 1.165) is 5.56 Å². The smallest absolute Gasteiger partial charge is 0.174 e. The van der Waals surface area contributed by atoms with Crippen LogP contribution in [0.5, 0.6) is 0 Å². The summed E-state index contributed by atoms with van der Waals surface area (Å²) in [5.74, 6) is 0.535. The monoisotopic (exact) mass is 307 g/mol. The van der Waals surface area contributed by atoms with E-state index in [9.17, 15) is 10.2 Å². The summed E-state index contributed by atoms with van der Waals surface area (Å²) in [6, 6.07) is 9.83. The minimum Gasteiger partial charge on any atom is -0.513 e. The van der Waals surface area contributed by atoms with Crippen LogP contribution in [0.3, 0.4) is 0 Å². The summed E-state index contributed by atoms with van der Waals surface area (Å²) in [7, 11) is 0. The lowest BCUT2D eigenvalue weighted by Gasteiger charge is -2.34. The quantitative estimate of drug-likeness (QED) is 0.508. The second-order valence-corrected chi connectivity index (χ2v) is 6.36. The molecule has 3 nitrogen and oxygen atoms in total. The highest BCUT2D eigenvalue weighted by Gasteiger charge is 2.44. The first-order chi connectivity index (χ1) is 9.43. The predicted molar refractivity (Wildman–Crippen MR) is 87.5 cm³/mol. The lowest BCUT2D eigenvalue weighted by molar-refractivity contribution is -0.00692. The third kappa shape index (κ3) is 3.06. The van der Waals surface area contributed by atoms with Crippen molar-refractivity contribution < 1.29 is 10.2 Å². The number of rotatable bonds is 4. The molecule has 2 N–H and O–H groups in total. The van der Waals surface area contributed by atoms with Crippen LogP contribution in [0.1, 0.15) is 12.5 Å². The van der Waals surface area contributed by atoms with Gasteiger partial charge in [-0.15, -0.1) is 0 Å². The van der Waals surface area contributed by atoms with Gasteiger partial charge in [-0.05, 0) is 18.6 Å². The summed E-state index contributed by atoms with van der Waals surface area (Å²) in [5.41, 5.74) is 0.260. The molecule has 1 saturated heterocycles. The van der Waals surface area contributed by atoms with Crippen LogP contribution in [0, 0.1) is 0 Å². The Balaban J connectivity index is 2.26. The molecule has 0 amide bonds. The zero-order valence-corrected chi connectivity index (χ0v) is 12.9. The SMILES string of the molecule is C=C(/C=C(\C)O)C1(O)CSC(=S)N1Cc1ccccc1. The molecule has 0 aliphatic carbocycles. The van der Waals surface area contributed by atoms with E-state index in [1.165, 1.54) is 17.8 Å². The first kappa shape index (κ1) is 15.1. The highest BCUT2D eigenvalue weighted by atomic mass is 32.2. The van der Waals surface area contributed by atoms with E-state index in [2.05, 4.69) is 6.58 Å². The Hall–Kier alpha value is -1.30. The summed E-state index contributed by atoms with van der Waals surface area (Å²) in [6.07, 6.45) is 1.48. The Morgan fingerprint density at radius 2 is 2.15 bits per heavy atom. The van der Waals surface area contributed by atoms with Gasteiger partial charge in [0.15, 0.2) is 5.72 Å². The zero-order valence-electron chi connectivity index (χ0n) is 11.2. The van der Waals surface area contributed by atoms with E-state index in [4.69, 9.17) is 12.2 Å². The summed E-state index contributed by atoms with van der Waals surface area (Å²) in [4.78, 5) is 1.75. The van der Waals surface area contributed by atoms with Crippen LogP contribution in [-0.2, 0) is 6.54 Å². The topological polar surface area (TPSA) is 43.7 Å². The minimum atomic E-state index is -1.25. The fourth-order valence-electron chi connectivity index (χ4n) is 2.06. The van der Waals surface area contributed by atoms with Gasteiger partial charge >= 0.3 is 0 Å². The third-order valence-electron chi connectivity index (χ3n) is 3.14. The predicted octanol–water partition coefficient (Wildman–Crippen LogP) is 3.23. The van der Waals surface area contributed by atoms with Gasteiger partial charge in [-0.1, -0.05) is 60.9 Å². The summed E-state index contributed by atoms with van der Waals surface area (Å²) < 4.78 is 0.640. The van der Waals surface area contributed by atoms with E-state index < -0.39 is 5.72 Å². The van der Waals surface area contributed by atoms with Crippen molar-refractivity contribution >= 4 is 28.3 Å². The Labute approximate surface area is 128 Å². The average Bonchev–Trinajstić information content (AvgIpc) is 2.69. The Morgan fingerprint density at radius 3 is 2.75 bits per heavy atom. The molecular weight excluding hydrogens is 290 g/mol. The van der Waals surface area contributed by atoms with Crippen molar-refractivity contribution in [1.29, 1.82) is 0 Å². The normalized spacial score (nSPS) is 23.2. The Bertz CT molecular complexity index is 552. The zero-order chi connectivity index (χ0) is 14.8. The van der Waals surface area contributed by atoms with Crippen LogP contribution in [-0.4, -0.2) is 30.9 Å². The molecular formula is C15H17NO2S2. The second-order valence-electron chi connectivity index (χ2n) is 4.75. The largest absolute Gasteiger partial charge is 0.513 e. The molecule has 0 radical (unpaired) electrons. The first-order valence-electron chi connectivity index (χ1n) is 6.21. The number of allylic oxidation sites excluding steroid dienone is 1. The summed E-state index contributed by atoms with van der Waals surface area (Å²) in [6.45, 7) is 5.94. The van der Waals surface area contributed by atoms with Gasteiger partial charge in [-0.3, -0.25) is 0 Å². The molecule has 1 fully saturated rings. The van der Waals surface area contributed by atoms with Crippen LogP contribution in [0.2, 0.25) is 0 Å². The van der Waals surface area contributed by atoms with Gasteiger partial charge in [0.2, 0.25) is 0 Å². The Kier molecular flexibility index (Phi) is 4.52. The molecule has 0 aromatic heterocycles. The van der Waals surface area contributed by atoms with Crippen molar-refractivity contribution in [2.75, 3.05) is 5.75 Å². The molecule has 1 heterocycles. The number of aliphatic hydroxyl groups excluding tert-OH is 1. The van der Waals surface area contributed by atoms with Gasteiger partial charge in [0.05, 0.1) is 11.5 Å². The van der Waals surface area contributed by atoms with Crippen LogP contribution >= 0.6 is 24.0 Å². The van der Waals surface area contributed by atoms with Crippen LogP contribution in [0.15, 0.2) is 54.3 Å². The fourth-order valence-corrected chi connectivity index (χ4v) is 3.49. The van der Waals surface area contributed by atoms with Crippen LogP contribution in [0.25, 0.3) is 0 Å². The second kappa shape index (κ2) is 5.99. The Morgan fingerprint density at radius 1 is 1.50 bits per heavy atom. The molecule has 20 heavy (non-hydrogen) atoms. The van der Waals surface area contributed by atoms with Crippen molar-refractivity contribution in [2.45, 2.75) is 19.2 Å². The molecule has 1 atom stereocenters. The van der Waals surface area contributed by atoms with Crippen molar-refractivity contribution in [2.24, 2.45) is 0 Å². The van der Waals surface area contributed by atoms with Gasteiger partial charge < -0.3 is 15.1 Å². The number of hydrogen-bond acceptors (Lipinski definition) is 4. The van der Waals surface area contributed by atoms with E-state index in [-0.39, 0.29) is 5.76 Å². The summed E-state index contributed by atoms with van der Waals surface area (Å²) >= 11 is 6.75. The molecule has 5 heteroatoms. The lowest BCUT2D eigenvalue weighted by atomic mass is 10.0. The first-order valence-corrected chi connectivity index (χ1v) is 7.60. The molecule has 1 aliphatic heterocycles. The van der Waals surface area contributed by atoms with Crippen LogP contribution < -0.4 is 0 Å². The van der Waals surface area contributed by atoms with E-state index in [1.807, 2.05) is 30.3 Å². The van der Waals surface area contributed by atoms with E-state index >= 15 is 0 Å². The lowest BCUT2D eigenvalue weighted by Crippen LogP contribution is -2.47. The molecule has 1 aromatic carbocycles. The van der Waals surface area contributed by atoms with Gasteiger partial charge in [-0.25, -0.2) is 0 Å². The van der Waals surface area contributed by atoms with Crippen molar-refractivity contribution in [3.05, 3.63) is 59.9 Å². The maximum atomic E-state index is 10.9. The van der Waals surface area contributed by atoms with Gasteiger partial charge in [0, 0.05) is 12.1 Å². The van der Waals surface area contributed by atoms with Gasteiger partial charge in [0.25, 0.3) is 0 Å². The van der Waals surface area contributed by atoms with E-state index in [0.29, 0.717) is 22.2 Å². The number of hydrogen-bond donors (Lipinski definition) is 2. The minimum absolute atomic E-state index is 0.117. The molecule has 106 valence electrons. The highest BCUT2D eigenvalue weighted by molar-refractivity contribution is 8.23. The maximum Gasteiger partial charge on any atom is 0.174 e. The standard InChI is InChI=1S/C15H17NO2S2/c1-11(8-12(2)17)15(18)10-20-14(19)16(15)9-13-6-4-3-5-7-13/h3-8,17-18H,1,9-10H2,2H3/b12-8+. The van der Waals surface area contributed by atoms with Gasteiger partial charge in [-0.2, -0.15) is 0 Å². The molecule has 1 aliphatic rings. The molecule has 1 unspecified atom stereocenters. The fraction of sp³-hybridized carbons (Fsp3) is 0.267. The molecule has 1 aromatic rings. The van der Waals surface area contributed by atoms with Crippen molar-refractivity contribution in [3.8, 4) is 0 Å². The molecule has 0 saturated carbocycles. The molecule has 0 bridgehead atoms. The average molecular weight is 307 g/mol. The number of benzene rings is 1.